The molecule has 0 saturated carbocycles. The Morgan fingerprint density at radius 3 is 2.39 bits per heavy atom. The van der Waals surface area contributed by atoms with E-state index in [-0.39, 0.29) is 29.2 Å². The van der Waals surface area contributed by atoms with Gasteiger partial charge in [0.25, 0.3) is 0 Å². The Morgan fingerprint density at radius 1 is 1.24 bits per heavy atom. The second-order valence-corrected chi connectivity index (χ2v) is 9.05. The summed E-state index contributed by atoms with van der Waals surface area (Å²) < 4.78 is 17.6. The minimum Gasteiger partial charge on any atom is -0.451 e. The third-order valence-electron chi connectivity index (χ3n) is 4.79. The first-order chi connectivity index (χ1) is 15.5. The molecule has 0 fully saturated rings. The highest BCUT2D eigenvalue weighted by molar-refractivity contribution is 6.33. The third-order valence-corrected chi connectivity index (χ3v) is 5.40. The maximum absolute atomic E-state index is 11.9. The van der Waals surface area contributed by atoms with Gasteiger partial charge in [0.05, 0.1) is 16.6 Å². The molecule has 0 N–H and O–H groups in total. The summed E-state index contributed by atoms with van der Waals surface area (Å²) >= 11 is 12.1. The standard InChI is InChI=1S/C24H29Cl2N3O4/c1-7-29-21(20(26)15(2)28-29)22(32-16(3)33-23(30)31-13-12-25)19(14-27)17-8-10-18(11-9-17)24(4,5)6/h8-11,16H,7,12-13H2,1-6H3/b22-19-. The number of rotatable bonds is 8. The Hall–Kier alpha value is -2.69. The van der Waals surface area contributed by atoms with Gasteiger partial charge in [0.15, 0.2) is 5.76 Å². The maximum Gasteiger partial charge on any atom is 0.511 e. The number of aryl methyl sites for hydroxylation is 2. The molecule has 1 atom stereocenters. The predicted octanol–water partition coefficient (Wildman–Crippen LogP) is 6.31. The lowest BCUT2D eigenvalue weighted by molar-refractivity contribution is -0.0659. The van der Waals surface area contributed by atoms with Gasteiger partial charge < -0.3 is 14.2 Å². The van der Waals surface area contributed by atoms with E-state index in [0.29, 0.717) is 28.5 Å². The van der Waals surface area contributed by atoms with E-state index in [4.69, 9.17) is 37.4 Å². The van der Waals surface area contributed by atoms with Crippen LogP contribution in [-0.2, 0) is 26.2 Å². The van der Waals surface area contributed by atoms with Gasteiger partial charge in [-0.05, 0) is 30.4 Å². The lowest BCUT2D eigenvalue weighted by atomic mass is 9.86. The minimum atomic E-state index is -1.07. The van der Waals surface area contributed by atoms with E-state index in [0.717, 1.165) is 5.56 Å². The van der Waals surface area contributed by atoms with Crippen molar-refractivity contribution in [3.63, 3.8) is 0 Å². The van der Waals surface area contributed by atoms with E-state index in [1.807, 2.05) is 31.2 Å². The van der Waals surface area contributed by atoms with Crippen molar-refractivity contribution in [3.8, 4) is 6.07 Å². The summed E-state index contributed by atoms with van der Waals surface area (Å²) in [4.78, 5) is 11.9. The molecule has 1 aromatic carbocycles. The van der Waals surface area contributed by atoms with Crippen LogP contribution in [0.3, 0.4) is 0 Å². The third kappa shape index (κ3) is 6.66. The molecule has 0 aliphatic carbocycles. The molecule has 0 radical (unpaired) electrons. The summed E-state index contributed by atoms with van der Waals surface area (Å²) in [5, 5.41) is 14.9. The molecule has 1 aromatic heterocycles. The molecule has 0 bridgehead atoms. The first-order valence-corrected chi connectivity index (χ1v) is 11.5. The normalized spacial score (nSPS) is 13.1. The average Bonchev–Trinajstić information content (AvgIpc) is 3.05. The zero-order chi connectivity index (χ0) is 24.8. The first-order valence-electron chi connectivity index (χ1n) is 10.6. The molecule has 0 saturated heterocycles. The van der Waals surface area contributed by atoms with Gasteiger partial charge in [-0.15, -0.1) is 11.6 Å². The van der Waals surface area contributed by atoms with E-state index in [9.17, 15) is 10.1 Å². The van der Waals surface area contributed by atoms with E-state index >= 15 is 0 Å². The fraction of sp³-hybridized carbons (Fsp3) is 0.458. The van der Waals surface area contributed by atoms with Gasteiger partial charge in [-0.3, -0.25) is 4.68 Å². The van der Waals surface area contributed by atoms with Crippen molar-refractivity contribution in [1.82, 2.24) is 9.78 Å². The number of carbonyl (C=O) groups is 1. The summed E-state index contributed by atoms with van der Waals surface area (Å²) in [6.45, 7) is 12.0. The Bertz CT molecular complexity index is 1050. The number of nitrogens with zero attached hydrogens (tertiary/aromatic N) is 3. The summed E-state index contributed by atoms with van der Waals surface area (Å²) in [5.74, 6) is 0.300. The highest BCUT2D eigenvalue weighted by Crippen LogP contribution is 2.35. The first kappa shape index (κ1) is 26.6. The number of nitriles is 1. The van der Waals surface area contributed by atoms with Gasteiger partial charge in [-0.2, -0.15) is 10.4 Å². The second-order valence-electron chi connectivity index (χ2n) is 8.30. The molecule has 7 nitrogen and oxygen atoms in total. The van der Waals surface area contributed by atoms with Crippen molar-refractivity contribution in [2.75, 3.05) is 12.5 Å². The van der Waals surface area contributed by atoms with Gasteiger partial charge in [0.1, 0.15) is 23.9 Å². The molecule has 0 amide bonds. The van der Waals surface area contributed by atoms with E-state index in [1.54, 1.807) is 11.6 Å². The monoisotopic (exact) mass is 493 g/mol. The van der Waals surface area contributed by atoms with Crippen LogP contribution in [0.5, 0.6) is 0 Å². The number of hydrogen-bond donors (Lipinski definition) is 0. The van der Waals surface area contributed by atoms with Gasteiger partial charge >= 0.3 is 6.16 Å². The van der Waals surface area contributed by atoms with Gasteiger partial charge in [-0.1, -0.05) is 56.6 Å². The topological polar surface area (TPSA) is 86.4 Å². The number of hydrogen-bond acceptors (Lipinski definition) is 6. The largest absolute Gasteiger partial charge is 0.511 e. The number of carbonyl (C=O) groups excluding carboxylic acids is 1. The van der Waals surface area contributed by atoms with Crippen LogP contribution in [0.2, 0.25) is 5.02 Å². The highest BCUT2D eigenvalue weighted by Gasteiger charge is 2.26. The number of aromatic nitrogens is 2. The van der Waals surface area contributed by atoms with Gasteiger partial charge in [0, 0.05) is 13.5 Å². The van der Waals surface area contributed by atoms with E-state index < -0.39 is 12.4 Å². The smallest absolute Gasteiger partial charge is 0.451 e. The van der Waals surface area contributed by atoms with Crippen molar-refractivity contribution in [2.24, 2.45) is 0 Å². The Morgan fingerprint density at radius 2 is 1.88 bits per heavy atom. The summed E-state index contributed by atoms with van der Waals surface area (Å²) in [6, 6.07) is 9.88. The predicted molar refractivity (Wildman–Crippen MR) is 129 cm³/mol. The van der Waals surface area contributed by atoms with Crippen molar-refractivity contribution in [2.45, 2.75) is 59.8 Å². The van der Waals surface area contributed by atoms with E-state index in [2.05, 4.69) is 31.9 Å². The molecular weight excluding hydrogens is 465 g/mol. The van der Waals surface area contributed by atoms with Crippen molar-refractivity contribution in [1.29, 1.82) is 5.26 Å². The second kappa shape index (κ2) is 11.4. The fourth-order valence-corrected chi connectivity index (χ4v) is 3.40. The number of allylic oxidation sites excluding steroid dienone is 1. The molecule has 0 spiro atoms. The SMILES string of the molecule is CCn1nc(C)c(Cl)c1/C(OC(C)OC(=O)OCCCl)=C(\C#N)c1ccc(C(C)(C)C)cc1. The quantitative estimate of drug-likeness (QED) is 0.141. The molecule has 33 heavy (non-hydrogen) atoms. The maximum atomic E-state index is 11.9. The van der Waals surface area contributed by atoms with Crippen LogP contribution in [0.15, 0.2) is 24.3 Å². The van der Waals surface area contributed by atoms with Crippen LogP contribution in [0.25, 0.3) is 11.3 Å². The van der Waals surface area contributed by atoms with Crippen LogP contribution in [0.4, 0.5) is 4.79 Å². The lowest BCUT2D eigenvalue weighted by Gasteiger charge is -2.21. The van der Waals surface area contributed by atoms with Crippen molar-refractivity contribution in [3.05, 3.63) is 51.8 Å². The number of alkyl halides is 1. The number of ether oxygens (including phenoxy) is 3. The molecule has 9 heteroatoms. The summed E-state index contributed by atoms with van der Waals surface area (Å²) in [6.07, 6.45) is -2.00. The number of benzene rings is 1. The van der Waals surface area contributed by atoms with Crippen LogP contribution in [0, 0.1) is 18.3 Å². The van der Waals surface area contributed by atoms with Gasteiger partial charge in [0.2, 0.25) is 6.29 Å². The molecule has 178 valence electrons. The van der Waals surface area contributed by atoms with Gasteiger partial charge in [-0.25, -0.2) is 4.79 Å². The molecule has 0 aliphatic rings. The minimum absolute atomic E-state index is 0.00695. The van der Waals surface area contributed by atoms with Crippen molar-refractivity contribution < 1.29 is 19.0 Å². The molecule has 0 aliphatic heterocycles. The molecule has 2 rings (SSSR count). The molecular formula is C24H29Cl2N3O4. The molecule has 1 heterocycles. The Balaban J connectivity index is 2.59. The average molecular weight is 494 g/mol. The van der Waals surface area contributed by atoms with E-state index in [1.165, 1.54) is 6.92 Å². The van der Waals surface area contributed by atoms with Crippen LogP contribution < -0.4 is 0 Å². The highest BCUT2D eigenvalue weighted by atomic mass is 35.5. The zero-order valence-corrected chi connectivity index (χ0v) is 21.3. The molecule has 1 unspecified atom stereocenters. The van der Waals surface area contributed by atoms with Crippen LogP contribution in [0.1, 0.15) is 57.1 Å². The van der Waals surface area contributed by atoms with Crippen LogP contribution in [-0.4, -0.2) is 34.7 Å². The zero-order valence-electron chi connectivity index (χ0n) is 19.7. The lowest BCUT2D eigenvalue weighted by Crippen LogP contribution is -2.20. The Labute approximate surface area is 204 Å². The molecule has 2 aromatic rings. The Kier molecular flexibility index (Phi) is 9.21. The summed E-state index contributed by atoms with van der Waals surface area (Å²) in [7, 11) is 0. The fourth-order valence-electron chi connectivity index (χ4n) is 3.10. The van der Waals surface area contributed by atoms with Crippen LogP contribution >= 0.6 is 23.2 Å². The van der Waals surface area contributed by atoms with Crippen molar-refractivity contribution >= 4 is 40.7 Å². The summed E-state index contributed by atoms with van der Waals surface area (Å²) in [5.41, 5.74) is 2.97. The number of halogens is 2.